The van der Waals surface area contributed by atoms with E-state index in [1.165, 1.54) is 22.9 Å². The lowest BCUT2D eigenvalue weighted by Gasteiger charge is -2.32. The molecule has 1 saturated heterocycles. The van der Waals surface area contributed by atoms with Crippen LogP contribution in [0.1, 0.15) is 27.7 Å². The van der Waals surface area contributed by atoms with Crippen molar-refractivity contribution in [3.8, 4) is 5.69 Å². The molecule has 0 bridgehead atoms. The third kappa shape index (κ3) is 2.73. The molecule has 3 rings (SSSR count). The Balaban J connectivity index is 1.95. The van der Waals surface area contributed by atoms with E-state index in [4.69, 9.17) is 9.31 Å². The van der Waals surface area contributed by atoms with Crippen LogP contribution >= 0.6 is 0 Å². The summed E-state index contributed by atoms with van der Waals surface area (Å²) in [6, 6.07) is 9.34. The van der Waals surface area contributed by atoms with E-state index < -0.39 is 24.1 Å². The lowest BCUT2D eigenvalue weighted by Crippen LogP contribution is -2.41. The highest BCUT2D eigenvalue weighted by molar-refractivity contribution is 6.62. The van der Waals surface area contributed by atoms with Crippen LogP contribution in [0.15, 0.2) is 47.4 Å². The predicted octanol–water partition coefficient (Wildman–Crippen LogP) is 2.28. The van der Waals surface area contributed by atoms with Crippen molar-refractivity contribution < 1.29 is 13.7 Å². The van der Waals surface area contributed by atoms with Crippen LogP contribution in [0.3, 0.4) is 0 Å². The summed E-state index contributed by atoms with van der Waals surface area (Å²) in [4.78, 5) is 11.8. The zero-order valence-electron chi connectivity index (χ0n) is 13.7. The van der Waals surface area contributed by atoms with E-state index in [9.17, 15) is 9.18 Å². The highest BCUT2D eigenvalue weighted by atomic mass is 19.1. The topological polar surface area (TPSA) is 40.5 Å². The maximum Gasteiger partial charge on any atom is 0.494 e. The van der Waals surface area contributed by atoms with Gasteiger partial charge in [-0.15, -0.1) is 0 Å². The molecule has 1 aromatic carbocycles. The average Bonchev–Trinajstić information content (AvgIpc) is 2.68. The van der Waals surface area contributed by atoms with Gasteiger partial charge in [-0.2, -0.15) is 0 Å². The summed E-state index contributed by atoms with van der Waals surface area (Å²) in [7, 11) is -0.629. The fourth-order valence-electron chi connectivity index (χ4n) is 2.47. The molecular formula is C17H19BFNO3. The van der Waals surface area contributed by atoms with Gasteiger partial charge < -0.3 is 9.31 Å². The number of halogens is 1. The smallest absolute Gasteiger partial charge is 0.399 e. The Morgan fingerprint density at radius 2 is 1.70 bits per heavy atom. The van der Waals surface area contributed by atoms with Crippen LogP contribution < -0.4 is 11.0 Å². The first-order valence-corrected chi connectivity index (χ1v) is 7.54. The molecule has 2 heterocycles. The fourth-order valence-corrected chi connectivity index (χ4v) is 2.47. The number of rotatable bonds is 2. The summed E-state index contributed by atoms with van der Waals surface area (Å²) in [5.41, 5.74) is -0.452. The lowest BCUT2D eigenvalue weighted by atomic mass is 9.79. The van der Waals surface area contributed by atoms with Gasteiger partial charge in [0.2, 0.25) is 0 Å². The molecule has 0 aliphatic carbocycles. The predicted molar refractivity (Wildman–Crippen MR) is 87.7 cm³/mol. The van der Waals surface area contributed by atoms with Crippen LogP contribution in [0.2, 0.25) is 0 Å². The first kappa shape index (κ1) is 16.0. The summed E-state index contributed by atoms with van der Waals surface area (Å²) in [5, 5.41) is 0. The van der Waals surface area contributed by atoms with Gasteiger partial charge in [-0.25, -0.2) is 4.39 Å². The lowest BCUT2D eigenvalue weighted by molar-refractivity contribution is 0.00578. The SMILES string of the molecule is CC1(C)OB(c2ccc(-n3ccccc3=O)c(F)c2)OC1(C)C. The van der Waals surface area contributed by atoms with Crippen molar-refractivity contribution in [1.29, 1.82) is 0 Å². The van der Waals surface area contributed by atoms with E-state index in [-0.39, 0.29) is 11.2 Å². The molecule has 0 amide bonds. The fraction of sp³-hybridized carbons (Fsp3) is 0.353. The molecule has 0 spiro atoms. The van der Waals surface area contributed by atoms with Gasteiger partial charge in [0.05, 0.1) is 16.9 Å². The third-order valence-corrected chi connectivity index (χ3v) is 4.58. The molecular weight excluding hydrogens is 296 g/mol. The zero-order valence-corrected chi connectivity index (χ0v) is 13.7. The van der Waals surface area contributed by atoms with Gasteiger partial charge in [0.1, 0.15) is 5.82 Å². The molecule has 1 aliphatic rings. The molecule has 120 valence electrons. The van der Waals surface area contributed by atoms with Crippen molar-refractivity contribution in [3.63, 3.8) is 0 Å². The highest BCUT2D eigenvalue weighted by Crippen LogP contribution is 2.36. The summed E-state index contributed by atoms with van der Waals surface area (Å²) in [6.45, 7) is 7.78. The second-order valence-corrected chi connectivity index (χ2v) is 6.71. The van der Waals surface area contributed by atoms with Gasteiger partial charge in [0.25, 0.3) is 5.56 Å². The van der Waals surface area contributed by atoms with Crippen molar-refractivity contribution in [3.05, 3.63) is 58.8 Å². The van der Waals surface area contributed by atoms with E-state index in [1.807, 2.05) is 27.7 Å². The molecule has 1 fully saturated rings. The minimum atomic E-state index is -0.629. The second kappa shape index (κ2) is 5.32. The molecule has 1 aromatic heterocycles. The van der Waals surface area contributed by atoms with Crippen molar-refractivity contribution in [1.82, 2.24) is 4.57 Å². The standard InChI is InChI=1S/C17H19BFNO3/c1-16(2)17(3,4)23-18(22-16)12-8-9-14(13(19)11-12)20-10-6-5-7-15(20)21/h5-11H,1-4H3. The molecule has 2 aromatic rings. The Bertz CT molecular complexity index is 784. The molecule has 6 heteroatoms. The zero-order chi connectivity index (χ0) is 16.8. The van der Waals surface area contributed by atoms with Crippen LogP contribution in [-0.4, -0.2) is 22.9 Å². The molecule has 0 radical (unpaired) electrons. The van der Waals surface area contributed by atoms with Gasteiger partial charge in [0, 0.05) is 12.3 Å². The summed E-state index contributed by atoms with van der Waals surface area (Å²) in [6.07, 6.45) is 1.54. The van der Waals surface area contributed by atoms with E-state index >= 15 is 0 Å². The van der Waals surface area contributed by atoms with Gasteiger partial charge in [-0.05, 0) is 51.4 Å². The Hall–Kier alpha value is -1.92. The first-order chi connectivity index (χ1) is 10.7. The number of benzene rings is 1. The summed E-state index contributed by atoms with van der Waals surface area (Å²) in [5.74, 6) is -0.495. The van der Waals surface area contributed by atoms with Gasteiger partial charge >= 0.3 is 7.12 Å². The van der Waals surface area contributed by atoms with Crippen molar-refractivity contribution in [2.75, 3.05) is 0 Å². The molecule has 0 N–H and O–H groups in total. The van der Waals surface area contributed by atoms with Crippen LogP contribution in [0.4, 0.5) is 4.39 Å². The number of hydrogen-bond donors (Lipinski definition) is 0. The van der Waals surface area contributed by atoms with Crippen LogP contribution in [0, 0.1) is 5.82 Å². The highest BCUT2D eigenvalue weighted by Gasteiger charge is 2.51. The largest absolute Gasteiger partial charge is 0.494 e. The molecule has 1 aliphatic heterocycles. The van der Waals surface area contributed by atoms with Gasteiger partial charge in [-0.1, -0.05) is 12.1 Å². The summed E-state index contributed by atoms with van der Waals surface area (Å²) < 4.78 is 27.6. The van der Waals surface area contributed by atoms with E-state index in [0.717, 1.165) is 0 Å². The summed E-state index contributed by atoms with van der Waals surface area (Å²) >= 11 is 0. The van der Waals surface area contributed by atoms with Crippen molar-refractivity contribution in [2.24, 2.45) is 0 Å². The maximum absolute atomic E-state index is 14.5. The molecule has 4 nitrogen and oxygen atoms in total. The maximum atomic E-state index is 14.5. The third-order valence-electron chi connectivity index (χ3n) is 4.58. The van der Waals surface area contributed by atoms with Crippen molar-refractivity contribution >= 4 is 12.6 Å². The normalized spacial score (nSPS) is 19.1. The Kier molecular flexibility index (Phi) is 3.69. The van der Waals surface area contributed by atoms with Gasteiger partial charge in [-0.3, -0.25) is 9.36 Å². The second-order valence-electron chi connectivity index (χ2n) is 6.71. The minimum absolute atomic E-state index is 0.205. The van der Waals surface area contributed by atoms with Crippen LogP contribution in [0.5, 0.6) is 0 Å². The minimum Gasteiger partial charge on any atom is -0.399 e. The Morgan fingerprint density at radius 3 is 2.26 bits per heavy atom. The number of nitrogens with zero attached hydrogens (tertiary/aromatic N) is 1. The van der Waals surface area contributed by atoms with Gasteiger partial charge in [0.15, 0.2) is 0 Å². The van der Waals surface area contributed by atoms with Crippen LogP contribution in [0.25, 0.3) is 5.69 Å². The van der Waals surface area contributed by atoms with E-state index in [1.54, 1.807) is 24.3 Å². The number of aromatic nitrogens is 1. The Labute approximate surface area is 135 Å². The number of pyridine rings is 1. The van der Waals surface area contributed by atoms with E-state index in [2.05, 4.69) is 0 Å². The first-order valence-electron chi connectivity index (χ1n) is 7.54. The quantitative estimate of drug-likeness (QED) is 0.798. The number of hydrogen-bond acceptors (Lipinski definition) is 3. The van der Waals surface area contributed by atoms with Crippen molar-refractivity contribution in [2.45, 2.75) is 38.9 Å². The monoisotopic (exact) mass is 315 g/mol. The van der Waals surface area contributed by atoms with E-state index in [0.29, 0.717) is 5.46 Å². The molecule has 23 heavy (non-hydrogen) atoms. The van der Waals surface area contributed by atoms with Crippen LogP contribution in [-0.2, 0) is 9.31 Å². The average molecular weight is 315 g/mol. The Morgan fingerprint density at radius 1 is 1.04 bits per heavy atom. The molecule has 0 saturated carbocycles. The molecule has 0 unspecified atom stereocenters. The molecule has 0 atom stereocenters.